The average Bonchev–Trinajstić information content (AvgIpc) is 3.00. The predicted octanol–water partition coefficient (Wildman–Crippen LogP) is 2.67. The number of benzene rings is 1. The molecule has 0 aromatic heterocycles. The lowest BCUT2D eigenvalue weighted by atomic mass is 10.0. The fraction of sp³-hybridized carbons (Fsp3) is 0.500. The molecule has 0 aliphatic heterocycles. The maximum atomic E-state index is 13.5. The molecule has 1 fully saturated rings. The summed E-state index contributed by atoms with van der Waals surface area (Å²) in [4.78, 5) is 0. The molecule has 1 saturated carbocycles. The average molecular weight is 210 g/mol. The van der Waals surface area contributed by atoms with Crippen LogP contribution < -0.4 is 4.74 Å². The molecule has 1 unspecified atom stereocenters. The van der Waals surface area contributed by atoms with E-state index >= 15 is 0 Å². The largest absolute Gasteiger partial charge is 0.496 e. The van der Waals surface area contributed by atoms with Crippen LogP contribution in [-0.2, 0) is 0 Å². The third-order valence-electron chi connectivity index (χ3n) is 2.82. The van der Waals surface area contributed by atoms with Crippen LogP contribution in [0.3, 0.4) is 0 Å². The van der Waals surface area contributed by atoms with E-state index in [0.29, 0.717) is 23.7 Å². The Hall–Kier alpha value is -1.09. The molecule has 0 spiro atoms. The number of aliphatic hydroxyl groups is 1. The summed E-state index contributed by atoms with van der Waals surface area (Å²) in [5.74, 6) is 0.606. The first kappa shape index (κ1) is 10.4. The first-order valence-corrected chi connectivity index (χ1v) is 5.23. The highest BCUT2D eigenvalue weighted by Crippen LogP contribution is 2.40. The Morgan fingerprint density at radius 2 is 2.27 bits per heavy atom. The van der Waals surface area contributed by atoms with Gasteiger partial charge in [-0.3, -0.25) is 0 Å². The third kappa shape index (κ3) is 2.29. The van der Waals surface area contributed by atoms with Gasteiger partial charge in [-0.2, -0.15) is 0 Å². The van der Waals surface area contributed by atoms with Crippen molar-refractivity contribution in [2.45, 2.75) is 25.4 Å². The van der Waals surface area contributed by atoms with Gasteiger partial charge in [0, 0.05) is 0 Å². The van der Waals surface area contributed by atoms with Crippen LogP contribution in [0.1, 0.15) is 30.9 Å². The van der Waals surface area contributed by atoms with E-state index in [9.17, 15) is 9.50 Å². The van der Waals surface area contributed by atoms with Crippen LogP contribution in [-0.4, -0.2) is 12.2 Å². The van der Waals surface area contributed by atoms with Crippen LogP contribution >= 0.6 is 0 Å². The molecule has 3 heteroatoms. The van der Waals surface area contributed by atoms with Crippen molar-refractivity contribution < 1.29 is 14.2 Å². The van der Waals surface area contributed by atoms with E-state index < -0.39 is 6.10 Å². The number of ether oxygens (including phenoxy) is 1. The lowest BCUT2D eigenvalue weighted by Crippen LogP contribution is -2.04. The highest BCUT2D eigenvalue weighted by molar-refractivity contribution is 5.36. The maximum Gasteiger partial charge on any atom is 0.132 e. The van der Waals surface area contributed by atoms with Crippen LogP contribution in [0.4, 0.5) is 4.39 Å². The molecule has 1 N–H and O–H groups in total. The Morgan fingerprint density at radius 1 is 1.53 bits per heavy atom. The highest BCUT2D eigenvalue weighted by atomic mass is 19.1. The van der Waals surface area contributed by atoms with Crippen molar-refractivity contribution >= 4 is 0 Å². The minimum absolute atomic E-state index is 0.298. The summed E-state index contributed by atoms with van der Waals surface area (Å²) in [5, 5.41) is 9.90. The Balaban J connectivity index is 2.22. The van der Waals surface area contributed by atoms with Crippen LogP contribution in [0.15, 0.2) is 18.2 Å². The van der Waals surface area contributed by atoms with E-state index in [1.54, 1.807) is 12.1 Å². The summed E-state index contributed by atoms with van der Waals surface area (Å²) in [6.45, 7) is 0. The minimum atomic E-state index is -0.742. The van der Waals surface area contributed by atoms with Crippen molar-refractivity contribution in [3.8, 4) is 5.75 Å². The molecule has 1 aromatic rings. The number of methoxy groups -OCH3 is 1. The van der Waals surface area contributed by atoms with Crippen molar-refractivity contribution in [3.05, 3.63) is 29.6 Å². The molecule has 1 aliphatic rings. The second kappa shape index (κ2) is 4.19. The van der Waals surface area contributed by atoms with Gasteiger partial charge in [-0.05, 0) is 24.5 Å². The van der Waals surface area contributed by atoms with Crippen LogP contribution in [0, 0.1) is 11.7 Å². The number of rotatable bonds is 4. The van der Waals surface area contributed by atoms with Gasteiger partial charge in [0.15, 0.2) is 0 Å². The van der Waals surface area contributed by atoms with E-state index in [0.717, 1.165) is 12.8 Å². The van der Waals surface area contributed by atoms with E-state index in [4.69, 9.17) is 4.74 Å². The van der Waals surface area contributed by atoms with Crippen molar-refractivity contribution in [2.24, 2.45) is 5.92 Å². The summed E-state index contributed by atoms with van der Waals surface area (Å²) in [5.41, 5.74) is 0.298. The summed E-state index contributed by atoms with van der Waals surface area (Å²) in [6, 6.07) is 4.62. The van der Waals surface area contributed by atoms with Gasteiger partial charge in [-0.15, -0.1) is 0 Å². The molecule has 15 heavy (non-hydrogen) atoms. The number of hydrogen-bond donors (Lipinski definition) is 1. The Labute approximate surface area is 88.7 Å². The van der Waals surface area contributed by atoms with Crippen molar-refractivity contribution in [1.82, 2.24) is 0 Å². The van der Waals surface area contributed by atoms with E-state index in [1.165, 1.54) is 13.2 Å². The summed E-state index contributed by atoms with van der Waals surface area (Å²) >= 11 is 0. The monoisotopic (exact) mass is 210 g/mol. The first-order chi connectivity index (χ1) is 7.22. The van der Waals surface area contributed by atoms with Crippen molar-refractivity contribution in [3.63, 3.8) is 0 Å². The van der Waals surface area contributed by atoms with Gasteiger partial charge in [0.1, 0.15) is 11.6 Å². The molecular weight excluding hydrogens is 195 g/mol. The van der Waals surface area contributed by atoms with Gasteiger partial charge >= 0.3 is 0 Å². The Kier molecular flexibility index (Phi) is 2.91. The second-order valence-electron chi connectivity index (χ2n) is 4.05. The summed E-state index contributed by atoms with van der Waals surface area (Å²) in [6.07, 6.45) is 2.19. The predicted molar refractivity (Wildman–Crippen MR) is 55.3 cm³/mol. The Bertz CT molecular complexity index is 347. The zero-order chi connectivity index (χ0) is 10.8. The fourth-order valence-electron chi connectivity index (χ4n) is 1.81. The normalized spacial score (nSPS) is 17.5. The lowest BCUT2D eigenvalue weighted by molar-refractivity contribution is 0.151. The minimum Gasteiger partial charge on any atom is -0.496 e. The molecule has 2 rings (SSSR count). The van der Waals surface area contributed by atoms with Gasteiger partial charge < -0.3 is 9.84 Å². The van der Waals surface area contributed by atoms with Crippen LogP contribution in [0.25, 0.3) is 0 Å². The van der Waals surface area contributed by atoms with Crippen molar-refractivity contribution in [1.29, 1.82) is 0 Å². The smallest absolute Gasteiger partial charge is 0.132 e. The van der Waals surface area contributed by atoms with Crippen LogP contribution in [0.2, 0.25) is 0 Å². The van der Waals surface area contributed by atoms with Gasteiger partial charge in [0.2, 0.25) is 0 Å². The number of aliphatic hydroxyl groups excluding tert-OH is 1. The molecular formula is C12H15FO2. The molecule has 82 valence electrons. The molecule has 0 amide bonds. The number of hydrogen-bond acceptors (Lipinski definition) is 2. The highest BCUT2D eigenvalue weighted by Gasteiger charge is 2.28. The molecule has 0 heterocycles. The number of halogens is 1. The van der Waals surface area contributed by atoms with Crippen LogP contribution in [0.5, 0.6) is 5.75 Å². The molecule has 1 aliphatic carbocycles. The second-order valence-corrected chi connectivity index (χ2v) is 4.05. The Morgan fingerprint density at radius 3 is 2.87 bits per heavy atom. The molecule has 1 aromatic carbocycles. The van der Waals surface area contributed by atoms with E-state index in [-0.39, 0.29) is 5.82 Å². The molecule has 1 atom stereocenters. The van der Waals surface area contributed by atoms with E-state index in [2.05, 4.69) is 0 Å². The standard InChI is InChI=1S/C12H15FO2/c1-15-11-4-2-3-9(13)12(11)10(14)7-8-5-6-8/h2-4,8,10,14H,5-7H2,1H3. The summed E-state index contributed by atoms with van der Waals surface area (Å²) in [7, 11) is 1.49. The quantitative estimate of drug-likeness (QED) is 0.827. The fourth-order valence-corrected chi connectivity index (χ4v) is 1.81. The van der Waals surface area contributed by atoms with Gasteiger partial charge in [-0.25, -0.2) is 4.39 Å². The third-order valence-corrected chi connectivity index (χ3v) is 2.82. The first-order valence-electron chi connectivity index (χ1n) is 5.23. The zero-order valence-corrected chi connectivity index (χ0v) is 8.74. The van der Waals surface area contributed by atoms with Gasteiger partial charge in [0.05, 0.1) is 18.8 Å². The molecule has 0 radical (unpaired) electrons. The molecule has 2 nitrogen and oxygen atoms in total. The molecule has 0 bridgehead atoms. The maximum absolute atomic E-state index is 13.5. The molecule has 0 saturated heterocycles. The zero-order valence-electron chi connectivity index (χ0n) is 8.74. The van der Waals surface area contributed by atoms with Gasteiger partial charge in [0.25, 0.3) is 0 Å². The lowest BCUT2D eigenvalue weighted by Gasteiger charge is -2.15. The van der Waals surface area contributed by atoms with Crippen molar-refractivity contribution in [2.75, 3.05) is 7.11 Å². The SMILES string of the molecule is COc1cccc(F)c1C(O)CC1CC1. The van der Waals surface area contributed by atoms with Gasteiger partial charge in [-0.1, -0.05) is 18.9 Å². The van der Waals surface area contributed by atoms with E-state index in [1.807, 2.05) is 0 Å². The topological polar surface area (TPSA) is 29.5 Å². The summed E-state index contributed by atoms with van der Waals surface area (Å²) < 4.78 is 18.6.